The van der Waals surface area contributed by atoms with E-state index < -0.39 is 0 Å². The second-order valence-electron chi connectivity index (χ2n) is 5.93. The minimum absolute atomic E-state index is 0.490. The molecule has 0 amide bonds. The lowest BCUT2D eigenvalue weighted by molar-refractivity contribution is 0.256. The highest BCUT2D eigenvalue weighted by Gasteiger charge is 2.07. The Balaban J connectivity index is 1.92. The van der Waals surface area contributed by atoms with Crippen molar-refractivity contribution in [3.63, 3.8) is 0 Å². The Labute approximate surface area is 138 Å². The van der Waals surface area contributed by atoms with Gasteiger partial charge in [0, 0.05) is 25.8 Å². The third-order valence-corrected chi connectivity index (χ3v) is 3.54. The second-order valence-corrected chi connectivity index (χ2v) is 5.93. The summed E-state index contributed by atoms with van der Waals surface area (Å²) in [5.41, 5.74) is 2.36. The fraction of sp³-hybridized carbons (Fsp3) is 0.500. The lowest BCUT2D eigenvalue weighted by Gasteiger charge is -2.14. The molecule has 0 aliphatic rings. The van der Waals surface area contributed by atoms with Crippen LogP contribution in [0, 0.1) is 5.92 Å². The molecule has 0 bridgehead atoms. The van der Waals surface area contributed by atoms with Gasteiger partial charge in [0.15, 0.2) is 11.5 Å². The molecule has 0 saturated heterocycles. The number of nitrogens with one attached hydrogen (secondary N) is 1. The second kappa shape index (κ2) is 8.58. The van der Waals surface area contributed by atoms with Crippen LogP contribution in [0.4, 0.5) is 0 Å². The molecule has 0 fully saturated rings. The fourth-order valence-corrected chi connectivity index (χ4v) is 2.33. The highest BCUT2D eigenvalue weighted by Crippen LogP contribution is 2.28. The third kappa shape index (κ3) is 4.99. The topological polar surface area (TPSA) is 48.3 Å². The maximum absolute atomic E-state index is 5.78. The summed E-state index contributed by atoms with van der Waals surface area (Å²) in [5.74, 6) is 2.07. The summed E-state index contributed by atoms with van der Waals surface area (Å²) in [6, 6.07) is 8.12. The average Bonchev–Trinajstić information content (AvgIpc) is 3.00. The van der Waals surface area contributed by atoms with Crippen molar-refractivity contribution in [2.24, 2.45) is 5.92 Å². The van der Waals surface area contributed by atoms with Crippen molar-refractivity contribution in [2.45, 2.75) is 40.4 Å². The van der Waals surface area contributed by atoms with Crippen molar-refractivity contribution in [2.75, 3.05) is 13.7 Å². The number of rotatable bonds is 9. The molecule has 0 atom stereocenters. The smallest absolute Gasteiger partial charge is 0.161 e. The lowest BCUT2D eigenvalue weighted by Crippen LogP contribution is -2.16. The lowest BCUT2D eigenvalue weighted by atomic mass is 10.2. The molecule has 1 heterocycles. The number of aryl methyl sites for hydroxylation is 1. The van der Waals surface area contributed by atoms with Crippen molar-refractivity contribution in [3.05, 3.63) is 41.7 Å². The zero-order chi connectivity index (χ0) is 16.7. The van der Waals surface area contributed by atoms with Gasteiger partial charge in [-0.1, -0.05) is 19.9 Å². The van der Waals surface area contributed by atoms with Gasteiger partial charge in [-0.2, -0.15) is 5.10 Å². The van der Waals surface area contributed by atoms with Crippen LogP contribution in [-0.2, 0) is 19.6 Å². The van der Waals surface area contributed by atoms with Gasteiger partial charge in [0.2, 0.25) is 0 Å². The maximum Gasteiger partial charge on any atom is 0.161 e. The van der Waals surface area contributed by atoms with Gasteiger partial charge in [-0.15, -0.1) is 0 Å². The third-order valence-electron chi connectivity index (χ3n) is 3.54. The number of benzene rings is 1. The van der Waals surface area contributed by atoms with Gasteiger partial charge < -0.3 is 14.8 Å². The number of ether oxygens (including phenoxy) is 2. The van der Waals surface area contributed by atoms with Gasteiger partial charge in [-0.25, -0.2) is 0 Å². The van der Waals surface area contributed by atoms with Gasteiger partial charge in [-0.05, 0) is 36.6 Å². The summed E-state index contributed by atoms with van der Waals surface area (Å²) >= 11 is 0. The van der Waals surface area contributed by atoms with E-state index in [0.717, 1.165) is 31.1 Å². The first-order valence-electron chi connectivity index (χ1n) is 8.15. The quantitative estimate of drug-likeness (QED) is 0.771. The van der Waals surface area contributed by atoms with Crippen molar-refractivity contribution in [3.8, 4) is 11.5 Å². The molecule has 5 heteroatoms. The molecule has 0 aliphatic carbocycles. The van der Waals surface area contributed by atoms with E-state index >= 15 is 0 Å². The first-order valence-corrected chi connectivity index (χ1v) is 8.15. The fourth-order valence-electron chi connectivity index (χ4n) is 2.33. The molecular formula is C18H27N3O2. The van der Waals surface area contributed by atoms with E-state index in [1.807, 2.05) is 29.1 Å². The van der Waals surface area contributed by atoms with E-state index in [9.17, 15) is 0 Å². The van der Waals surface area contributed by atoms with E-state index in [-0.39, 0.29) is 0 Å². The van der Waals surface area contributed by atoms with Crippen molar-refractivity contribution < 1.29 is 9.47 Å². The van der Waals surface area contributed by atoms with E-state index in [1.54, 1.807) is 7.11 Å². The van der Waals surface area contributed by atoms with Crippen LogP contribution < -0.4 is 14.8 Å². The number of hydrogen-bond acceptors (Lipinski definition) is 4. The molecule has 126 valence electrons. The summed E-state index contributed by atoms with van der Waals surface area (Å²) in [4.78, 5) is 0. The summed E-state index contributed by atoms with van der Waals surface area (Å²) in [5, 5.41) is 7.72. The Kier molecular flexibility index (Phi) is 6.47. The Morgan fingerprint density at radius 3 is 2.70 bits per heavy atom. The molecule has 23 heavy (non-hydrogen) atoms. The maximum atomic E-state index is 5.78. The number of aromatic nitrogens is 2. The summed E-state index contributed by atoms with van der Waals surface area (Å²) in [6.07, 6.45) is 1.84. The Hall–Kier alpha value is -2.01. The van der Waals surface area contributed by atoms with Gasteiger partial charge in [0.05, 0.1) is 19.4 Å². The van der Waals surface area contributed by atoms with Crippen LogP contribution in [0.3, 0.4) is 0 Å². The number of nitrogens with zero attached hydrogens (tertiary/aromatic N) is 2. The standard InChI is InChI=1S/C18H27N3O2/c1-5-21-16(8-9-20-21)12-19-11-15-6-7-17(18(10-15)22-4)23-13-14(2)3/h6-10,14,19H,5,11-13H2,1-4H3. The molecule has 1 N–H and O–H groups in total. The first-order chi connectivity index (χ1) is 11.1. The van der Waals surface area contributed by atoms with E-state index in [4.69, 9.17) is 9.47 Å². The molecular weight excluding hydrogens is 290 g/mol. The highest BCUT2D eigenvalue weighted by molar-refractivity contribution is 5.43. The van der Waals surface area contributed by atoms with Crippen LogP contribution in [0.2, 0.25) is 0 Å². The summed E-state index contributed by atoms with van der Waals surface area (Å²) < 4.78 is 13.2. The van der Waals surface area contributed by atoms with Crippen molar-refractivity contribution >= 4 is 0 Å². The molecule has 5 nitrogen and oxygen atoms in total. The van der Waals surface area contributed by atoms with Gasteiger partial charge in [0.25, 0.3) is 0 Å². The van der Waals surface area contributed by atoms with Crippen LogP contribution in [0.25, 0.3) is 0 Å². The largest absolute Gasteiger partial charge is 0.493 e. The first kappa shape index (κ1) is 17.3. The molecule has 2 aromatic rings. The van der Waals surface area contributed by atoms with Crippen LogP contribution in [0.1, 0.15) is 32.0 Å². The van der Waals surface area contributed by atoms with Crippen LogP contribution >= 0.6 is 0 Å². The normalized spacial score (nSPS) is 11.0. The van der Waals surface area contributed by atoms with Crippen LogP contribution in [0.15, 0.2) is 30.5 Å². The predicted octanol–water partition coefficient (Wildman–Crippen LogP) is 3.24. The predicted molar refractivity (Wildman–Crippen MR) is 91.8 cm³/mol. The molecule has 1 aromatic heterocycles. The van der Waals surface area contributed by atoms with E-state index in [0.29, 0.717) is 12.5 Å². The number of hydrogen-bond donors (Lipinski definition) is 1. The van der Waals surface area contributed by atoms with Gasteiger partial charge in [0.1, 0.15) is 0 Å². The molecule has 0 radical (unpaired) electrons. The van der Waals surface area contributed by atoms with Crippen LogP contribution in [0.5, 0.6) is 11.5 Å². The monoisotopic (exact) mass is 317 g/mol. The van der Waals surface area contributed by atoms with Gasteiger partial charge in [-0.3, -0.25) is 4.68 Å². The van der Waals surface area contributed by atoms with Crippen molar-refractivity contribution in [1.29, 1.82) is 0 Å². The molecule has 1 aromatic carbocycles. The molecule has 0 aliphatic heterocycles. The zero-order valence-electron chi connectivity index (χ0n) is 14.5. The molecule has 2 rings (SSSR count). The zero-order valence-corrected chi connectivity index (χ0v) is 14.5. The number of methoxy groups -OCH3 is 1. The average molecular weight is 317 g/mol. The SMILES string of the molecule is CCn1nccc1CNCc1ccc(OCC(C)C)c(OC)c1. The Bertz CT molecular complexity index is 608. The highest BCUT2D eigenvalue weighted by atomic mass is 16.5. The summed E-state index contributed by atoms with van der Waals surface area (Å²) in [6.45, 7) is 9.50. The van der Waals surface area contributed by atoms with E-state index in [2.05, 4.69) is 37.3 Å². The molecule has 0 spiro atoms. The van der Waals surface area contributed by atoms with Crippen LogP contribution in [-0.4, -0.2) is 23.5 Å². The molecule has 0 saturated carbocycles. The summed E-state index contributed by atoms with van der Waals surface area (Å²) in [7, 11) is 1.68. The van der Waals surface area contributed by atoms with E-state index in [1.165, 1.54) is 11.3 Å². The minimum Gasteiger partial charge on any atom is -0.493 e. The molecule has 0 unspecified atom stereocenters. The van der Waals surface area contributed by atoms with Crippen molar-refractivity contribution in [1.82, 2.24) is 15.1 Å². The Morgan fingerprint density at radius 1 is 1.17 bits per heavy atom. The van der Waals surface area contributed by atoms with Gasteiger partial charge >= 0.3 is 0 Å². The minimum atomic E-state index is 0.490. The Morgan fingerprint density at radius 2 is 2.00 bits per heavy atom.